The number of nitrogens with two attached hydrogens (primary N) is 1. The monoisotopic (exact) mass is 277 g/mol. The first-order valence-electron chi connectivity index (χ1n) is 7.44. The second-order valence-corrected chi connectivity index (χ2v) is 5.73. The molecule has 1 fully saturated rings. The number of likely N-dealkylation sites (N-methyl/N-ethyl adjacent to an activating group) is 1. The third-order valence-electron chi connectivity index (χ3n) is 4.22. The molecule has 1 aromatic rings. The maximum absolute atomic E-state index is 6.07. The molecule has 0 amide bonds. The van der Waals surface area contributed by atoms with Crippen LogP contribution in [0.3, 0.4) is 0 Å². The Labute approximate surface area is 122 Å². The van der Waals surface area contributed by atoms with Crippen molar-refractivity contribution in [3.8, 4) is 5.75 Å². The quantitative estimate of drug-likeness (QED) is 0.910. The van der Waals surface area contributed by atoms with E-state index in [1.807, 2.05) is 12.1 Å². The summed E-state index contributed by atoms with van der Waals surface area (Å²) in [4.78, 5) is 4.96. The van der Waals surface area contributed by atoms with Crippen LogP contribution in [0.25, 0.3) is 0 Å². The molecule has 1 heterocycles. The molecule has 4 heteroatoms. The van der Waals surface area contributed by atoms with Crippen molar-refractivity contribution in [2.45, 2.75) is 25.4 Å². The van der Waals surface area contributed by atoms with Gasteiger partial charge < -0.3 is 15.4 Å². The zero-order valence-corrected chi connectivity index (χ0v) is 12.9. The number of hydrogen-bond donors (Lipinski definition) is 1. The molecule has 2 rings (SSSR count). The van der Waals surface area contributed by atoms with Gasteiger partial charge in [-0.2, -0.15) is 0 Å². The molecule has 1 aromatic carbocycles. The average molecular weight is 277 g/mol. The normalized spacial score (nSPS) is 23.3. The third kappa shape index (κ3) is 3.51. The van der Waals surface area contributed by atoms with Crippen LogP contribution in [0, 0.1) is 0 Å². The predicted octanol–water partition coefficient (Wildman–Crippen LogP) is 1.72. The summed E-state index contributed by atoms with van der Waals surface area (Å²) >= 11 is 0. The molecule has 4 nitrogen and oxygen atoms in total. The van der Waals surface area contributed by atoms with Gasteiger partial charge in [0.15, 0.2) is 0 Å². The highest BCUT2D eigenvalue weighted by Gasteiger charge is 2.26. The Morgan fingerprint density at radius 2 is 2.00 bits per heavy atom. The summed E-state index contributed by atoms with van der Waals surface area (Å²) in [6.07, 6.45) is 1.20. The first-order chi connectivity index (χ1) is 9.65. The highest BCUT2D eigenvalue weighted by Crippen LogP contribution is 2.25. The predicted molar refractivity (Wildman–Crippen MR) is 83.1 cm³/mol. The van der Waals surface area contributed by atoms with Crippen LogP contribution in [-0.4, -0.2) is 56.2 Å². The lowest BCUT2D eigenvalue weighted by Gasteiger charge is -2.35. The van der Waals surface area contributed by atoms with Crippen molar-refractivity contribution >= 4 is 0 Å². The van der Waals surface area contributed by atoms with Crippen LogP contribution in [0.5, 0.6) is 5.75 Å². The summed E-state index contributed by atoms with van der Waals surface area (Å²) < 4.78 is 5.23. The van der Waals surface area contributed by atoms with Crippen molar-refractivity contribution < 1.29 is 4.74 Å². The van der Waals surface area contributed by atoms with E-state index in [1.54, 1.807) is 7.11 Å². The maximum Gasteiger partial charge on any atom is 0.118 e. The van der Waals surface area contributed by atoms with Crippen molar-refractivity contribution in [1.29, 1.82) is 0 Å². The molecule has 2 atom stereocenters. The van der Waals surface area contributed by atoms with Gasteiger partial charge in [-0.25, -0.2) is 0 Å². The molecule has 0 aromatic heterocycles. The minimum atomic E-state index is 0.294. The molecule has 0 bridgehead atoms. The molecular weight excluding hydrogens is 250 g/mol. The maximum atomic E-state index is 6.07. The van der Waals surface area contributed by atoms with Gasteiger partial charge in [0.2, 0.25) is 0 Å². The van der Waals surface area contributed by atoms with E-state index in [-0.39, 0.29) is 0 Å². The van der Waals surface area contributed by atoms with Crippen molar-refractivity contribution in [3.63, 3.8) is 0 Å². The molecule has 1 saturated heterocycles. The second kappa shape index (κ2) is 7.07. The van der Waals surface area contributed by atoms with Crippen LogP contribution < -0.4 is 10.5 Å². The molecule has 1 aliphatic rings. The van der Waals surface area contributed by atoms with E-state index in [1.165, 1.54) is 18.5 Å². The third-order valence-corrected chi connectivity index (χ3v) is 4.22. The minimum Gasteiger partial charge on any atom is -0.497 e. The van der Waals surface area contributed by atoms with Crippen molar-refractivity contribution in [3.05, 3.63) is 29.8 Å². The van der Waals surface area contributed by atoms with Crippen LogP contribution in [0.2, 0.25) is 0 Å². The fourth-order valence-electron chi connectivity index (χ4n) is 3.14. The minimum absolute atomic E-state index is 0.294. The molecule has 0 radical (unpaired) electrons. The molecule has 2 N–H and O–H groups in total. The largest absolute Gasteiger partial charge is 0.497 e. The summed E-state index contributed by atoms with van der Waals surface area (Å²) in [5.74, 6) is 0.896. The number of methoxy groups -OCH3 is 1. The molecule has 0 aliphatic carbocycles. The zero-order valence-electron chi connectivity index (χ0n) is 12.9. The summed E-state index contributed by atoms with van der Waals surface area (Å²) in [6, 6.07) is 9.13. The fourth-order valence-corrected chi connectivity index (χ4v) is 3.14. The van der Waals surface area contributed by atoms with Crippen LogP contribution in [0.1, 0.15) is 24.9 Å². The van der Waals surface area contributed by atoms with E-state index in [4.69, 9.17) is 10.5 Å². The molecule has 1 aliphatic heterocycles. The first kappa shape index (κ1) is 15.3. The van der Waals surface area contributed by atoms with Crippen LogP contribution >= 0.6 is 0 Å². The lowest BCUT2D eigenvalue weighted by Crippen LogP contribution is -2.42. The zero-order chi connectivity index (χ0) is 14.5. The van der Waals surface area contributed by atoms with Gasteiger partial charge in [-0.1, -0.05) is 12.1 Å². The highest BCUT2D eigenvalue weighted by molar-refractivity contribution is 5.29. The Kier molecular flexibility index (Phi) is 5.40. The molecule has 2 unspecified atom stereocenters. The van der Waals surface area contributed by atoms with E-state index < -0.39 is 0 Å². The number of nitrogens with zero attached hydrogens (tertiary/aromatic N) is 2. The molecule has 20 heavy (non-hydrogen) atoms. The number of hydrogen-bond acceptors (Lipinski definition) is 4. The SMILES string of the molecule is COc1ccc(C(CN)N2CCCN(C)CC2C)cc1. The smallest absolute Gasteiger partial charge is 0.118 e. The van der Waals surface area contributed by atoms with Gasteiger partial charge in [-0.15, -0.1) is 0 Å². The van der Waals surface area contributed by atoms with E-state index in [9.17, 15) is 0 Å². The van der Waals surface area contributed by atoms with E-state index in [2.05, 4.69) is 35.9 Å². The highest BCUT2D eigenvalue weighted by atomic mass is 16.5. The first-order valence-corrected chi connectivity index (χ1v) is 7.44. The fraction of sp³-hybridized carbons (Fsp3) is 0.625. The number of benzene rings is 1. The van der Waals surface area contributed by atoms with Gasteiger partial charge in [0.05, 0.1) is 7.11 Å². The average Bonchev–Trinajstić information content (AvgIpc) is 2.62. The molecule has 0 spiro atoms. The van der Waals surface area contributed by atoms with E-state index in [0.717, 1.165) is 18.8 Å². The van der Waals surface area contributed by atoms with Crippen molar-refractivity contribution in [1.82, 2.24) is 9.80 Å². The Hall–Kier alpha value is -1.10. The Bertz CT molecular complexity index is 407. The van der Waals surface area contributed by atoms with Crippen LogP contribution in [-0.2, 0) is 0 Å². The van der Waals surface area contributed by atoms with Crippen molar-refractivity contribution in [2.75, 3.05) is 40.3 Å². The molecule has 112 valence electrons. The van der Waals surface area contributed by atoms with Gasteiger partial charge >= 0.3 is 0 Å². The van der Waals surface area contributed by atoms with E-state index in [0.29, 0.717) is 18.6 Å². The van der Waals surface area contributed by atoms with Crippen LogP contribution in [0.15, 0.2) is 24.3 Å². The second-order valence-electron chi connectivity index (χ2n) is 5.73. The Morgan fingerprint density at radius 3 is 2.60 bits per heavy atom. The van der Waals surface area contributed by atoms with Gasteiger partial charge in [0.1, 0.15) is 5.75 Å². The summed E-state index contributed by atoms with van der Waals surface area (Å²) in [5.41, 5.74) is 7.35. The van der Waals surface area contributed by atoms with Gasteiger partial charge in [-0.05, 0) is 44.6 Å². The summed E-state index contributed by atoms with van der Waals surface area (Å²) in [7, 11) is 3.90. The van der Waals surface area contributed by atoms with Crippen molar-refractivity contribution in [2.24, 2.45) is 5.73 Å². The number of rotatable bonds is 4. The number of ether oxygens (including phenoxy) is 1. The lowest BCUT2D eigenvalue weighted by molar-refractivity contribution is 0.146. The van der Waals surface area contributed by atoms with Gasteiger partial charge in [0, 0.05) is 31.7 Å². The molecule has 0 saturated carbocycles. The Balaban J connectivity index is 2.16. The standard InChI is InChI=1S/C16H27N3O/c1-13-12-18(2)9-4-10-19(13)16(11-17)14-5-7-15(20-3)8-6-14/h5-8,13,16H,4,9-12,17H2,1-3H3. The van der Waals surface area contributed by atoms with E-state index >= 15 is 0 Å². The topological polar surface area (TPSA) is 41.7 Å². The van der Waals surface area contributed by atoms with Crippen LogP contribution in [0.4, 0.5) is 0 Å². The Morgan fingerprint density at radius 1 is 1.30 bits per heavy atom. The lowest BCUT2D eigenvalue weighted by atomic mass is 10.0. The summed E-state index contributed by atoms with van der Waals surface area (Å²) in [6.45, 7) is 6.33. The summed E-state index contributed by atoms with van der Waals surface area (Å²) in [5, 5.41) is 0. The molecular formula is C16H27N3O. The van der Waals surface area contributed by atoms with Gasteiger partial charge in [0.25, 0.3) is 0 Å². The van der Waals surface area contributed by atoms with Gasteiger partial charge in [-0.3, -0.25) is 4.90 Å².